The van der Waals surface area contributed by atoms with Gasteiger partial charge in [0.05, 0.1) is 6.07 Å². The third kappa shape index (κ3) is 4.23. The molecule has 0 atom stereocenters. The molecule has 7 heteroatoms. The maximum absolute atomic E-state index is 14.3. The van der Waals surface area contributed by atoms with Gasteiger partial charge in [-0.2, -0.15) is 10.2 Å². The van der Waals surface area contributed by atoms with E-state index in [4.69, 9.17) is 10.00 Å². The van der Waals surface area contributed by atoms with Crippen LogP contribution in [0.2, 0.25) is 0 Å². The Labute approximate surface area is 179 Å². The molecule has 0 bridgehead atoms. The van der Waals surface area contributed by atoms with Crippen LogP contribution in [0.15, 0.2) is 48.7 Å². The van der Waals surface area contributed by atoms with Crippen molar-refractivity contribution in [3.63, 3.8) is 0 Å². The van der Waals surface area contributed by atoms with Crippen molar-refractivity contribution in [3.8, 4) is 17.7 Å². The summed E-state index contributed by atoms with van der Waals surface area (Å²) in [4.78, 5) is 11.6. The summed E-state index contributed by atoms with van der Waals surface area (Å²) in [6.07, 6.45) is 4.35. The molecule has 0 radical (unpaired) electrons. The number of allylic oxidation sites excluding steroid dienone is 1. The molecule has 4 rings (SSSR count). The number of anilines is 2. The molecular formula is C24H20FN5O. The van der Waals surface area contributed by atoms with Crippen molar-refractivity contribution in [3.05, 3.63) is 76.7 Å². The molecule has 0 fully saturated rings. The fraction of sp³-hybridized carbons (Fsp3) is 0.125. The van der Waals surface area contributed by atoms with Crippen LogP contribution in [-0.2, 0) is 0 Å². The lowest BCUT2D eigenvalue weighted by Crippen LogP contribution is -2.01. The van der Waals surface area contributed by atoms with Crippen LogP contribution in [0.4, 0.5) is 16.0 Å². The van der Waals surface area contributed by atoms with Crippen molar-refractivity contribution in [2.24, 2.45) is 0 Å². The number of nitriles is 1. The molecule has 0 aliphatic carbocycles. The molecule has 0 saturated carbocycles. The molecule has 31 heavy (non-hydrogen) atoms. The number of hydrogen-bond donors (Lipinski definition) is 2. The number of fused-ring (bicyclic) bond motifs is 1. The van der Waals surface area contributed by atoms with Gasteiger partial charge in [0, 0.05) is 18.0 Å². The number of aryl methyl sites for hydroxylation is 3. The average molecular weight is 413 g/mol. The zero-order valence-corrected chi connectivity index (χ0v) is 17.3. The fourth-order valence-electron chi connectivity index (χ4n) is 3.44. The minimum atomic E-state index is -0.486. The number of halogens is 1. The van der Waals surface area contributed by atoms with Gasteiger partial charge >= 0.3 is 0 Å². The Morgan fingerprint density at radius 3 is 2.48 bits per heavy atom. The summed E-state index contributed by atoms with van der Waals surface area (Å²) in [6.45, 7) is 5.95. The Hall–Kier alpha value is -4.18. The number of aromatic nitrogens is 3. The van der Waals surface area contributed by atoms with Gasteiger partial charge in [-0.1, -0.05) is 29.8 Å². The summed E-state index contributed by atoms with van der Waals surface area (Å²) < 4.78 is 20.5. The Morgan fingerprint density at radius 1 is 1.10 bits per heavy atom. The highest BCUT2D eigenvalue weighted by Gasteiger charge is 2.17. The molecule has 2 aromatic carbocycles. The molecule has 2 aromatic heterocycles. The Balaban J connectivity index is 1.71. The number of rotatable bonds is 5. The highest BCUT2D eigenvalue weighted by molar-refractivity contribution is 5.82. The highest BCUT2D eigenvalue weighted by Crippen LogP contribution is 2.33. The first-order chi connectivity index (χ1) is 14.9. The lowest BCUT2D eigenvalue weighted by Gasteiger charge is -2.14. The van der Waals surface area contributed by atoms with Crippen molar-refractivity contribution >= 4 is 28.7 Å². The summed E-state index contributed by atoms with van der Waals surface area (Å²) in [5.41, 5.74) is 5.20. The topological polar surface area (TPSA) is 86.6 Å². The molecule has 2 N–H and O–H groups in total. The van der Waals surface area contributed by atoms with E-state index < -0.39 is 5.82 Å². The third-order valence-electron chi connectivity index (χ3n) is 4.77. The Kier molecular flexibility index (Phi) is 5.37. The summed E-state index contributed by atoms with van der Waals surface area (Å²) in [6, 6.07) is 13.4. The number of nitrogens with zero attached hydrogens (tertiary/aromatic N) is 3. The van der Waals surface area contributed by atoms with Crippen molar-refractivity contribution < 1.29 is 9.13 Å². The van der Waals surface area contributed by atoms with Crippen LogP contribution in [0.3, 0.4) is 0 Å². The van der Waals surface area contributed by atoms with Crippen LogP contribution in [0.25, 0.3) is 17.1 Å². The Morgan fingerprint density at radius 2 is 1.81 bits per heavy atom. The fourth-order valence-corrected chi connectivity index (χ4v) is 3.44. The quantitative estimate of drug-likeness (QED) is 0.386. The SMILES string of the molecule is Cc1cc(C)c(Oc2nc(Nc3ccc(/C=C/C#N)cc3)nc3c(F)c[nH]c23)c(C)c1. The first-order valence-corrected chi connectivity index (χ1v) is 9.68. The average Bonchev–Trinajstić information content (AvgIpc) is 3.11. The van der Waals surface area contributed by atoms with E-state index >= 15 is 0 Å². The van der Waals surface area contributed by atoms with E-state index in [1.807, 2.05) is 63.2 Å². The zero-order chi connectivity index (χ0) is 22.0. The highest BCUT2D eigenvalue weighted by atomic mass is 19.1. The van der Waals surface area contributed by atoms with E-state index in [-0.39, 0.29) is 17.3 Å². The second-order valence-electron chi connectivity index (χ2n) is 7.25. The standard InChI is InChI=1S/C24H20FN5O/c1-14-11-15(2)22(16(3)12-14)31-23-21-20(19(25)13-27-21)29-24(30-23)28-18-8-6-17(7-9-18)5-4-10-26/h4-9,11-13,27H,1-3H3,(H,28,29,30)/b5-4+. The summed E-state index contributed by atoms with van der Waals surface area (Å²) in [5.74, 6) is 0.642. The molecule has 6 nitrogen and oxygen atoms in total. The van der Waals surface area contributed by atoms with E-state index in [0.29, 0.717) is 11.3 Å². The normalized spacial score (nSPS) is 11.1. The van der Waals surface area contributed by atoms with Gasteiger partial charge in [0.25, 0.3) is 0 Å². The number of benzene rings is 2. The number of aromatic amines is 1. The predicted octanol–water partition coefficient (Wildman–Crippen LogP) is 6.09. The summed E-state index contributed by atoms with van der Waals surface area (Å²) >= 11 is 0. The zero-order valence-electron chi connectivity index (χ0n) is 17.3. The molecule has 4 aromatic rings. The second kappa shape index (κ2) is 8.28. The van der Waals surface area contributed by atoms with Gasteiger partial charge in [-0.15, -0.1) is 0 Å². The summed E-state index contributed by atoms with van der Waals surface area (Å²) in [5, 5.41) is 11.7. The lowest BCUT2D eigenvalue weighted by molar-refractivity contribution is 0.460. The van der Waals surface area contributed by atoms with Crippen LogP contribution in [0, 0.1) is 37.9 Å². The van der Waals surface area contributed by atoms with Gasteiger partial charge in [-0.05, 0) is 55.7 Å². The van der Waals surface area contributed by atoms with E-state index in [1.165, 1.54) is 12.3 Å². The maximum Gasteiger partial charge on any atom is 0.248 e. The molecular weight excluding hydrogens is 393 g/mol. The molecule has 0 aliphatic heterocycles. The first kappa shape index (κ1) is 20.1. The van der Waals surface area contributed by atoms with E-state index in [0.717, 1.165) is 27.9 Å². The Bertz CT molecular complexity index is 1310. The minimum absolute atomic E-state index is 0.142. The van der Waals surface area contributed by atoms with Crippen LogP contribution in [0.5, 0.6) is 11.6 Å². The number of H-pyrrole nitrogens is 1. The van der Waals surface area contributed by atoms with Crippen molar-refractivity contribution in [2.45, 2.75) is 20.8 Å². The van der Waals surface area contributed by atoms with Crippen LogP contribution in [0.1, 0.15) is 22.3 Å². The van der Waals surface area contributed by atoms with Crippen molar-refractivity contribution in [1.82, 2.24) is 15.0 Å². The van der Waals surface area contributed by atoms with Crippen LogP contribution < -0.4 is 10.1 Å². The molecule has 2 heterocycles. The molecule has 0 unspecified atom stereocenters. The minimum Gasteiger partial charge on any atom is -0.436 e. The summed E-state index contributed by atoms with van der Waals surface area (Å²) in [7, 11) is 0. The van der Waals surface area contributed by atoms with Gasteiger partial charge in [-0.3, -0.25) is 0 Å². The largest absolute Gasteiger partial charge is 0.436 e. The van der Waals surface area contributed by atoms with Gasteiger partial charge in [0.15, 0.2) is 5.82 Å². The van der Waals surface area contributed by atoms with Gasteiger partial charge in [0.2, 0.25) is 11.8 Å². The van der Waals surface area contributed by atoms with Gasteiger partial charge in [0.1, 0.15) is 16.8 Å². The van der Waals surface area contributed by atoms with Crippen molar-refractivity contribution in [1.29, 1.82) is 5.26 Å². The maximum atomic E-state index is 14.3. The second-order valence-corrected chi connectivity index (χ2v) is 7.25. The predicted molar refractivity (Wildman–Crippen MR) is 119 cm³/mol. The molecule has 0 aliphatic rings. The lowest BCUT2D eigenvalue weighted by atomic mass is 10.1. The molecule has 0 saturated heterocycles. The van der Waals surface area contributed by atoms with Crippen LogP contribution in [-0.4, -0.2) is 15.0 Å². The molecule has 0 spiro atoms. The number of nitrogens with one attached hydrogen (secondary N) is 2. The number of ether oxygens (including phenoxy) is 1. The third-order valence-corrected chi connectivity index (χ3v) is 4.77. The smallest absolute Gasteiger partial charge is 0.248 e. The van der Waals surface area contributed by atoms with E-state index in [2.05, 4.69) is 20.3 Å². The van der Waals surface area contributed by atoms with Gasteiger partial charge in [-0.25, -0.2) is 9.37 Å². The van der Waals surface area contributed by atoms with Crippen LogP contribution >= 0.6 is 0 Å². The first-order valence-electron chi connectivity index (χ1n) is 9.68. The molecule has 154 valence electrons. The van der Waals surface area contributed by atoms with Crippen molar-refractivity contribution in [2.75, 3.05) is 5.32 Å². The van der Waals surface area contributed by atoms with E-state index in [9.17, 15) is 4.39 Å². The monoisotopic (exact) mass is 413 g/mol. The molecule has 0 amide bonds. The number of hydrogen-bond acceptors (Lipinski definition) is 5. The van der Waals surface area contributed by atoms with E-state index in [1.54, 1.807) is 6.08 Å². The van der Waals surface area contributed by atoms with Gasteiger partial charge < -0.3 is 15.0 Å².